The fourth-order valence-electron chi connectivity index (χ4n) is 3.18. The number of rotatable bonds is 5. The molecule has 27 heavy (non-hydrogen) atoms. The number of halogens is 1. The Morgan fingerprint density at radius 3 is 2.33 bits per heavy atom. The van der Waals surface area contributed by atoms with Gasteiger partial charge in [-0.05, 0) is 48.5 Å². The van der Waals surface area contributed by atoms with E-state index in [2.05, 4.69) is 32.1 Å². The monoisotopic (exact) mass is 384 g/mol. The Morgan fingerprint density at radius 1 is 0.963 bits per heavy atom. The Labute approximate surface area is 163 Å². The third-order valence-corrected chi connectivity index (χ3v) is 4.98. The molecule has 4 rings (SSSR count). The predicted molar refractivity (Wildman–Crippen MR) is 105 cm³/mol. The van der Waals surface area contributed by atoms with Crippen LogP contribution < -0.4 is 9.64 Å². The number of hydrogen-bond acceptors (Lipinski definition) is 6. The van der Waals surface area contributed by atoms with Gasteiger partial charge in [0.25, 0.3) is 0 Å². The van der Waals surface area contributed by atoms with Crippen LogP contribution in [-0.2, 0) is 6.54 Å². The van der Waals surface area contributed by atoms with Crippen molar-refractivity contribution in [2.75, 3.05) is 38.2 Å². The number of hydrogen-bond donors (Lipinski definition) is 0. The van der Waals surface area contributed by atoms with E-state index in [0.29, 0.717) is 23.3 Å². The Morgan fingerprint density at radius 2 is 1.67 bits per heavy atom. The van der Waals surface area contributed by atoms with Crippen LogP contribution in [0.4, 0.5) is 5.69 Å². The fraction of sp³-hybridized carbons (Fsp3) is 0.300. The van der Waals surface area contributed by atoms with Crippen molar-refractivity contribution < 1.29 is 9.15 Å². The summed E-state index contributed by atoms with van der Waals surface area (Å²) in [6.07, 6.45) is 0. The molecule has 2 aromatic carbocycles. The average Bonchev–Trinajstić information content (AvgIpc) is 3.18. The van der Waals surface area contributed by atoms with Crippen molar-refractivity contribution in [1.29, 1.82) is 0 Å². The predicted octanol–water partition coefficient (Wildman–Crippen LogP) is 3.72. The van der Waals surface area contributed by atoms with E-state index in [-0.39, 0.29) is 0 Å². The van der Waals surface area contributed by atoms with Crippen molar-refractivity contribution in [3.8, 4) is 17.2 Å². The molecule has 7 heteroatoms. The molecule has 1 saturated heterocycles. The molecular weight excluding hydrogens is 364 g/mol. The number of methoxy groups -OCH3 is 1. The highest BCUT2D eigenvalue weighted by Crippen LogP contribution is 2.22. The van der Waals surface area contributed by atoms with E-state index in [1.807, 2.05) is 36.4 Å². The second kappa shape index (κ2) is 7.98. The average molecular weight is 385 g/mol. The lowest BCUT2D eigenvalue weighted by Gasteiger charge is -2.35. The van der Waals surface area contributed by atoms with E-state index in [0.717, 1.165) is 37.5 Å². The van der Waals surface area contributed by atoms with E-state index in [9.17, 15) is 0 Å². The zero-order valence-electron chi connectivity index (χ0n) is 15.1. The van der Waals surface area contributed by atoms with Crippen LogP contribution in [0.2, 0.25) is 5.02 Å². The zero-order chi connectivity index (χ0) is 18.6. The number of aromatic nitrogens is 2. The summed E-state index contributed by atoms with van der Waals surface area (Å²) in [6.45, 7) is 4.49. The highest BCUT2D eigenvalue weighted by molar-refractivity contribution is 6.30. The van der Waals surface area contributed by atoms with E-state index in [1.165, 1.54) is 5.69 Å². The Kier molecular flexibility index (Phi) is 5.27. The lowest BCUT2D eigenvalue weighted by Crippen LogP contribution is -2.46. The smallest absolute Gasteiger partial charge is 0.247 e. The molecule has 0 aliphatic carbocycles. The second-order valence-electron chi connectivity index (χ2n) is 6.47. The first-order valence-electron chi connectivity index (χ1n) is 8.91. The summed E-state index contributed by atoms with van der Waals surface area (Å²) in [5, 5.41) is 9.03. The van der Waals surface area contributed by atoms with Crippen LogP contribution in [0.15, 0.2) is 52.9 Å². The minimum Gasteiger partial charge on any atom is -0.497 e. The van der Waals surface area contributed by atoms with E-state index >= 15 is 0 Å². The SMILES string of the molecule is COc1ccc(N2CCN(Cc3nnc(-c4ccc(Cl)cc4)o3)CC2)cc1. The van der Waals surface area contributed by atoms with Crippen LogP contribution in [-0.4, -0.2) is 48.4 Å². The minimum atomic E-state index is 0.526. The molecule has 1 aliphatic heterocycles. The van der Waals surface area contributed by atoms with Gasteiger partial charge in [0.1, 0.15) is 5.75 Å². The number of nitrogens with zero attached hydrogens (tertiary/aromatic N) is 4. The molecule has 0 atom stereocenters. The lowest BCUT2D eigenvalue weighted by atomic mass is 10.2. The normalized spacial score (nSPS) is 15.1. The van der Waals surface area contributed by atoms with Gasteiger partial charge in [0.2, 0.25) is 11.8 Å². The Bertz CT molecular complexity index is 872. The van der Waals surface area contributed by atoms with Crippen LogP contribution in [0.5, 0.6) is 5.75 Å². The highest BCUT2D eigenvalue weighted by atomic mass is 35.5. The molecule has 1 fully saturated rings. The molecule has 0 radical (unpaired) electrons. The topological polar surface area (TPSA) is 54.6 Å². The quantitative estimate of drug-likeness (QED) is 0.668. The van der Waals surface area contributed by atoms with Gasteiger partial charge in [0.05, 0.1) is 13.7 Å². The number of benzene rings is 2. The van der Waals surface area contributed by atoms with Crippen LogP contribution >= 0.6 is 11.6 Å². The van der Waals surface area contributed by atoms with Gasteiger partial charge in [0.15, 0.2) is 0 Å². The summed E-state index contributed by atoms with van der Waals surface area (Å²) < 4.78 is 11.0. The van der Waals surface area contributed by atoms with Crippen molar-refractivity contribution in [3.05, 3.63) is 59.4 Å². The molecule has 0 spiro atoms. The van der Waals surface area contributed by atoms with Gasteiger partial charge in [-0.2, -0.15) is 0 Å². The largest absolute Gasteiger partial charge is 0.497 e. The standard InChI is InChI=1S/C20H21ClN4O2/c1-26-18-8-6-17(7-9-18)25-12-10-24(11-13-25)14-19-22-23-20(27-19)15-2-4-16(21)5-3-15/h2-9H,10-14H2,1H3. The third-order valence-electron chi connectivity index (χ3n) is 4.73. The molecule has 2 heterocycles. The van der Waals surface area contributed by atoms with E-state index < -0.39 is 0 Å². The maximum absolute atomic E-state index is 5.92. The molecule has 1 aliphatic rings. The number of ether oxygens (including phenoxy) is 1. The summed E-state index contributed by atoms with van der Waals surface area (Å²) in [5.41, 5.74) is 2.10. The van der Waals surface area contributed by atoms with Crippen LogP contribution in [0.1, 0.15) is 5.89 Å². The summed E-state index contributed by atoms with van der Waals surface area (Å²) in [6, 6.07) is 15.6. The van der Waals surface area contributed by atoms with Gasteiger partial charge in [-0.15, -0.1) is 10.2 Å². The van der Waals surface area contributed by atoms with Crippen molar-refractivity contribution in [2.24, 2.45) is 0 Å². The molecule has 0 bridgehead atoms. The van der Waals surface area contributed by atoms with Crippen LogP contribution in [0.3, 0.4) is 0 Å². The van der Waals surface area contributed by atoms with E-state index in [1.54, 1.807) is 7.11 Å². The first-order valence-corrected chi connectivity index (χ1v) is 9.29. The first-order chi connectivity index (χ1) is 13.2. The van der Waals surface area contributed by atoms with Gasteiger partial charge in [0, 0.05) is 42.5 Å². The fourth-order valence-corrected chi connectivity index (χ4v) is 3.30. The molecule has 0 saturated carbocycles. The maximum atomic E-state index is 5.92. The van der Waals surface area contributed by atoms with Crippen LogP contribution in [0, 0.1) is 0 Å². The van der Waals surface area contributed by atoms with Crippen molar-refractivity contribution in [1.82, 2.24) is 15.1 Å². The number of piperazine rings is 1. The molecule has 0 amide bonds. The lowest BCUT2D eigenvalue weighted by molar-refractivity contribution is 0.227. The first kappa shape index (κ1) is 17.8. The molecular formula is C20H21ClN4O2. The van der Waals surface area contributed by atoms with Gasteiger partial charge in [-0.25, -0.2) is 0 Å². The molecule has 0 N–H and O–H groups in total. The van der Waals surface area contributed by atoms with Crippen molar-refractivity contribution in [3.63, 3.8) is 0 Å². The summed E-state index contributed by atoms with van der Waals surface area (Å²) in [7, 11) is 1.68. The van der Waals surface area contributed by atoms with E-state index in [4.69, 9.17) is 20.8 Å². The zero-order valence-corrected chi connectivity index (χ0v) is 15.9. The summed E-state index contributed by atoms with van der Waals surface area (Å²) in [5.74, 6) is 2.04. The third kappa shape index (κ3) is 4.23. The minimum absolute atomic E-state index is 0.526. The number of anilines is 1. The molecule has 3 aromatic rings. The Balaban J connectivity index is 1.33. The maximum Gasteiger partial charge on any atom is 0.247 e. The van der Waals surface area contributed by atoms with Crippen LogP contribution in [0.25, 0.3) is 11.5 Å². The van der Waals surface area contributed by atoms with Crippen molar-refractivity contribution in [2.45, 2.75) is 6.54 Å². The highest BCUT2D eigenvalue weighted by Gasteiger charge is 2.19. The summed E-state index contributed by atoms with van der Waals surface area (Å²) >= 11 is 5.92. The Hall–Kier alpha value is -2.57. The molecule has 0 unspecified atom stereocenters. The van der Waals surface area contributed by atoms with Crippen molar-refractivity contribution >= 4 is 17.3 Å². The molecule has 6 nitrogen and oxygen atoms in total. The summed E-state index contributed by atoms with van der Waals surface area (Å²) in [4.78, 5) is 4.71. The van der Waals surface area contributed by atoms with Gasteiger partial charge >= 0.3 is 0 Å². The van der Waals surface area contributed by atoms with Gasteiger partial charge < -0.3 is 14.1 Å². The second-order valence-corrected chi connectivity index (χ2v) is 6.91. The molecule has 1 aromatic heterocycles. The van der Waals surface area contributed by atoms with Gasteiger partial charge in [-0.1, -0.05) is 11.6 Å². The molecule has 140 valence electrons. The van der Waals surface area contributed by atoms with Gasteiger partial charge in [-0.3, -0.25) is 4.90 Å².